The Bertz CT molecular complexity index is 337. The number of hydrogen-bond acceptors (Lipinski definition) is 3. The second-order valence-electron chi connectivity index (χ2n) is 2.58. The van der Waals surface area contributed by atoms with Crippen molar-refractivity contribution in [1.29, 1.82) is 0 Å². The van der Waals surface area contributed by atoms with E-state index >= 15 is 0 Å². The van der Waals surface area contributed by atoms with E-state index < -0.39 is 12.8 Å². The quantitative estimate of drug-likeness (QED) is 0.473. The van der Waals surface area contributed by atoms with Crippen LogP contribution >= 0.6 is 0 Å². The van der Waals surface area contributed by atoms with E-state index in [9.17, 15) is 13.2 Å². The highest BCUT2D eigenvalue weighted by Crippen LogP contribution is 2.14. The summed E-state index contributed by atoms with van der Waals surface area (Å²) in [6, 6.07) is 4.79. The highest BCUT2D eigenvalue weighted by atomic mass is 19.4. The van der Waals surface area contributed by atoms with E-state index in [-0.39, 0.29) is 11.5 Å². The topological polar surface area (TPSA) is 60.5 Å². The van der Waals surface area contributed by atoms with Crippen molar-refractivity contribution in [3.05, 3.63) is 30.1 Å². The Labute approximate surface area is 83.5 Å². The van der Waals surface area contributed by atoms with Crippen molar-refractivity contribution in [2.75, 3.05) is 6.61 Å². The molecular formula is C8H8F3N3O. The lowest BCUT2D eigenvalue weighted by atomic mass is 10.3. The van der Waals surface area contributed by atoms with Gasteiger partial charge >= 0.3 is 6.18 Å². The van der Waals surface area contributed by atoms with Crippen LogP contribution in [-0.4, -0.2) is 23.6 Å². The molecule has 0 atom stereocenters. The van der Waals surface area contributed by atoms with Gasteiger partial charge in [-0.2, -0.15) is 13.2 Å². The van der Waals surface area contributed by atoms with Crippen molar-refractivity contribution in [2.24, 2.45) is 10.9 Å². The number of alkyl halides is 3. The number of halogens is 3. The van der Waals surface area contributed by atoms with Crippen LogP contribution in [0.4, 0.5) is 13.2 Å². The van der Waals surface area contributed by atoms with E-state index in [0.29, 0.717) is 0 Å². The van der Waals surface area contributed by atoms with Crippen LogP contribution in [0.15, 0.2) is 29.6 Å². The number of pyridine rings is 1. The molecule has 2 N–H and O–H groups in total. The molecule has 0 aliphatic heterocycles. The fraction of sp³-hybridized carbons (Fsp3) is 0.250. The molecule has 1 aromatic rings. The Hall–Kier alpha value is -1.79. The maximum absolute atomic E-state index is 11.7. The molecule has 0 saturated carbocycles. The SMILES string of the molecule is NC(=NOCC(F)(F)F)c1ccccn1. The summed E-state index contributed by atoms with van der Waals surface area (Å²) in [6.07, 6.45) is -2.98. The summed E-state index contributed by atoms with van der Waals surface area (Å²) in [5, 5.41) is 3.09. The molecule has 0 spiro atoms. The van der Waals surface area contributed by atoms with Crippen molar-refractivity contribution in [2.45, 2.75) is 6.18 Å². The second kappa shape index (κ2) is 4.63. The highest BCUT2D eigenvalue weighted by Gasteiger charge is 2.28. The molecule has 7 heteroatoms. The average molecular weight is 219 g/mol. The molecule has 0 saturated heterocycles. The number of nitrogens with zero attached hydrogens (tertiary/aromatic N) is 2. The first-order chi connectivity index (χ1) is 6.99. The molecule has 1 aromatic heterocycles. The van der Waals surface area contributed by atoms with Gasteiger partial charge in [0.15, 0.2) is 5.84 Å². The van der Waals surface area contributed by atoms with Gasteiger partial charge in [-0.05, 0) is 12.1 Å². The summed E-state index contributed by atoms with van der Waals surface area (Å²) in [7, 11) is 0. The molecule has 0 aliphatic rings. The third-order valence-corrected chi connectivity index (χ3v) is 1.32. The number of nitrogens with two attached hydrogens (primary N) is 1. The maximum Gasteiger partial charge on any atom is 0.425 e. The van der Waals surface area contributed by atoms with Crippen molar-refractivity contribution in [1.82, 2.24) is 4.98 Å². The van der Waals surface area contributed by atoms with Crippen LogP contribution in [-0.2, 0) is 4.84 Å². The Morgan fingerprint density at radius 1 is 1.47 bits per heavy atom. The van der Waals surface area contributed by atoms with Crippen molar-refractivity contribution in [3.8, 4) is 0 Å². The van der Waals surface area contributed by atoms with Crippen LogP contribution in [0.25, 0.3) is 0 Å². The van der Waals surface area contributed by atoms with Gasteiger partial charge in [0.1, 0.15) is 5.69 Å². The number of aromatic nitrogens is 1. The molecule has 1 rings (SSSR count). The first kappa shape index (κ1) is 11.3. The van der Waals surface area contributed by atoms with E-state index in [1.54, 1.807) is 12.1 Å². The van der Waals surface area contributed by atoms with Crippen LogP contribution in [0, 0.1) is 0 Å². The summed E-state index contributed by atoms with van der Waals surface area (Å²) < 4.78 is 35.0. The zero-order valence-corrected chi connectivity index (χ0v) is 7.53. The molecule has 4 nitrogen and oxygen atoms in total. The predicted octanol–water partition coefficient (Wildman–Crippen LogP) is 1.28. The van der Waals surface area contributed by atoms with Gasteiger partial charge in [-0.1, -0.05) is 11.2 Å². The zero-order chi connectivity index (χ0) is 11.3. The summed E-state index contributed by atoms with van der Waals surface area (Å²) in [4.78, 5) is 7.79. The molecule has 0 amide bonds. The van der Waals surface area contributed by atoms with Gasteiger partial charge in [0, 0.05) is 6.20 Å². The second-order valence-corrected chi connectivity index (χ2v) is 2.58. The largest absolute Gasteiger partial charge is 0.425 e. The molecule has 82 valence electrons. The minimum absolute atomic E-state index is 0.195. The van der Waals surface area contributed by atoms with Crippen LogP contribution < -0.4 is 5.73 Å². The monoisotopic (exact) mass is 219 g/mol. The normalized spacial score (nSPS) is 12.6. The van der Waals surface area contributed by atoms with Gasteiger partial charge in [0.05, 0.1) is 0 Å². The predicted molar refractivity (Wildman–Crippen MR) is 47.0 cm³/mol. The lowest BCUT2D eigenvalue weighted by Crippen LogP contribution is -2.19. The summed E-state index contributed by atoms with van der Waals surface area (Å²) in [6.45, 7) is -1.47. The molecule has 0 bridgehead atoms. The number of rotatable bonds is 3. The first-order valence-electron chi connectivity index (χ1n) is 3.92. The first-order valence-corrected chi connectivity index (χ1v) is 3.92. The van der Waals surface area contributed by atoms with Gasteiger partial charge in [-0.15, -0.1) is 0 Å². The molecule has 0 aliphatic carbocycles. The van der Waals surface area contributed by atoms with Crippen LogP contribution in [0.1, 0.15) is 5.69 Å². The number of oxime groups is 1. The smallest absolute Gasteiger partial charge is 0.384 e. The fourth-order valence-electron chi connectivity index (χ4n) is 0.736. The van der Waals surface area contributed by atoms with Gasteiger partial charge in [0.2, 0.25) is 6.61 Å². The Morgan fingerprint density at radius 3 is 2.73 bits per heavy atom. The molecule has 0 unspecified atom stereocenters. The average Bonchev–Trinajstić information content (AvgIpc) is 2.17. The molecular weight excluding hydrogens is 211 g/mol. The summed E-state index contributed by atoms with van der Waals surface area (Å²) in [5.74, 6) is -0.195. The van der Waals surface area contributed by atoms with Crippen LogP contribution in [0.5, 0.6) is 0 Å². The van der Waals surface area contributed by atoms with E-state index in [1.807, 2.05) is 0 Å². The highest BCUT2D eigenvalue weighted by molar-refractivity contribution is 5.95. The van der Waals surface area contributed by atoms with Crippen molar-refractivity contribution >= 4 is 5.84 Å². The zero-order valence-electron chi connectivity index (χ0n) is 7.53. The van der Waals surface area contributed by atoms with Crippen LogP contribution in [0.2, 0.25) is 0 Å². The van der Waals surface area contributed by atoms with Gasteiger partial charge in [-0.25, -0.2) is 0 Å². The van der Waals surface area contributed by atoms with E-state index in [1.165, 1.54) is 12.3 Å². The molecule has 0 radical (unpaired) electrons. The third kappa shape index (κ3) is 4.30. The lowest BCUT2D eigenvalue weighted by molar-refractivity contribution is -0.173. The Balaban J connectivity index is 2.54. The fourth-order valence-corrected chi connectivity index (χ4v) is 0.736. The minimum Gasteiger partial charge on any atom is -0.384 e. The molecule has 0 fully saturated rings. The van der Waals surface area contributed by atoms with E-state index in [2.05, 4.69) is 15.0 Å². The number of hydrogen-bond donors (Lipinski definition) is 1. The van der Waals surface area contributed by atoms with Crippen LogP contribution in [0.3, 0.4) is 0 Å². The Kier molecular flexibility index (Phi) is 3.48. The van der Waals surface area contributed by atoms with E-state index in [0.717, 1.165) is 0 Å². The maximum atomic E-state index is 11.7. The molecule has 15 heavy (non-hydrogen) atoms. The van der Waals surface area contributed by atoms with E-state index in [4.69, 9.17) is 5.73 Å². The van der Waals surface area contributed by atoms with Gasteiger partial charge in [-0.3, -0.25) is 4.98 Å². The third-order valence-electron chi connectivity index (χ3n) is 1.32. The standard InChI is InChI=1S/C8H8F3N3O/c9-8(10,11)5-15-14-7(12)6-3-1-2-4-13-6/h1-4H,5H2,(H2,12,14). The molecule has 1 heterocycles. The van der Waals surface area contributed by atoms with Gasteiger partial charge < -0.3 is 10.6 Å². The number of amidine groups is 1. The Morgan fingerprint density at radius 2 is 2.20 bits per heavy atom. The minimum atomic E-state index is -4.42. The van der Waals surface area contributed by atoms with Crippen molar-refractivity contribution < 1.29 is 18.0 Å². The van der Waals surface area contributed by atoms with Gasteiger partial charge in [0.25, 0.3) is 0 Å². The summed E-state index contributed by atoms with van der Waals surface area (Å²) >= 11 is 0. The molecule has 0 aromatic carbocycles. The summed E-state index contributed by atoms with van der Waals surface area (Å²) in [5.41, 5.74) is 5.58. The lowest BCUT2D eigenvalue weighted by Gasteiger charge is -2.04. The van der Waals surface area contributed by atoms with Crippen molar-refractivity contribution in [3.63, 3.8) is 0 Å².